The van der Waals surface area contributed by atoms with Crippen LogP contribution in [-0.4, -0.2) is 43.1 Å². The van der Waals surface area contributed by atoms with Crippen molar-refractivity contribution in [2.24, 2.45) is 0 Å². The molecule has 19 heavy (non-hydrogen) atoms. The Morgan fingerprint density at radius 2 is 2.05 bits per heavy atom. The standard InChI is InChI=1S/C13H19NO4S/c1-13(2)10-14(7-8-18-13)19(16,17)12-6-4-3-5-11(12)9-15/h3-6,15H,7-10H2,1-2H3. The summed E-state index contributed by atoms with van der Waals surface area (Å²) in [5, 5.41) is 9.28. The van der Waals surface area contributed by atoms with Crippen LogP contribution in [0.3, 0.4) is 0 Å². The maximum atomic E-state index is 12.6. The predicted molar refractivity (Wildman–Crippen MR) is 71.2 cm³/mol. The number of benzene rings is 1. The molecule has 6 heteroatoms. The number of nitrogens with zero attached hydrogens (tertiary/aromatic N) is 1. The smallest absolute Gasteiger partial charge is 0.243 e. The van der Waals surface area contributed by atoms with Crippen LogP contribution in [0.1, 0.15) is 19.4 Å². The third-order valence-corrected chi connectivity index (χ3v) is 5.10. The average molecular weight is 285 g/mol. The number of hydrogen-bond donors (Lipinski definition) is 1. The molecule has 0 bridgehead atoms. The van der Waals surface area contributed by atoms with Crippen LogP contribution in [-0.2, 0) is 21.4 Å². The molecule has 106 valence electrons. The van der Waals surface area contributed by atoms with Gasteiger partial charge in [-0.2, -0.15) is 4.31 Å². The van der Waals surface area contributed by atoms with Gasteiger partial charge in [0.2, 0.25) is 10.0 Å². The summed E-state index contributed by atoms with van der Waals surface area (Å²) < 4.78 is 32.2. The normalized spacial score (nSPS) is 20.4. The molecule has 0 amide bonds. The van der Waals surface area contributed by atoms with E-state index in [9.17, 15) is 13.5 Å². The number of aliphatic hydroxyl groups excluding tert-OH is 1. The Bertz CT molecular complexity index is 554. The van der Waals surface area contributed by atoms with Gasteiger partial charge in [-0.05, 0) is 25.5 Å². The Balaban J connectivity index is 2.37. The zero-order valence-corrected chi connectivity index (χ0v) is 12.0. The fourth-order valence-corrected chi connectivity index (χ4v) is 3.99. The molecule has 1 aliphatic rings. The van der Waals surface area contributed by atoms with Crippen molar-refractivity contribution >= 4 is 10.0 Å². The Hall–Kier alpha value is -0.950. The van der Waals surface area contributed by atoms with Crippen molar-refractivity contribution in [3.05, 3.63) is 29.8 Å². The van der Waals surface area contributed by atoms with Crippen LogP contribution in [0.5, 0.6) is 0 Å². The molecule has 1 aliphatic heterocycles. The number of ether oxygens (including phenoxy) is 1. The van der Waals surface area contributed by atoms with Crippen molar-refractivity contribution in [1.29, 1.82) is 0 Å². The van der Waals surface area contributed by atoms with Crippen LogP contribution in [0.2, 0.25) is 0 Å². The Morgan fingerprint density at radius 1 is 1.37 bits per heavy atom. The van der Waals surface area contributed by atoms with Crippen molar-refractivity contribution < 1.29 is 18.3 Å². The first-order valence-corrected chi connectivity index (χ1v) is 7.64. The monoisotopic (exact) mass is 285 g/mol. The molecule has 0 atom stereocenters. The molecule has 1 fully saturated rings. The third-order valence-electron chi connectivity index (χ3n) is 3.15. The van der Waals surface area contributed by atoms with E-state index in [1.165, 1.54) is 10.4 Å². The molecule has 1 N–H and O–H groups in total. The molecule has 0 unspecified atom stereocenters. The van der Waals surface area contributed by atoms with Crippen LogP contribution < -0.4 is 0 Å². The molecule has 1 heterocycles. The summed E-state index contributed by atoms with van der Waals surface area (Å²) in [6.07, 6.45) is 0. The van der Waals surface area contributed by atoms with E-state index in [1.54, 1.807) is 18.2 Å². The maximum Gasteiger partial charge on any atom is 0.243 e. The van der Waals surface area contributed by atoms with Crippen molar-refractivity contribution in [3.8, 4) is 0 Å². The van der Waals surface area contributed by atoms with E-state index in [1.807, 2.05) is 13.8 Å². The zero-order valence-electron chi connectivity index (χ0n) is 11.2. The van der Waals surface area contributed by atoms with Gasteiger partial charge >= 0.3 is 0 Å². The van der Waals surface area contributed by atoms with Crippen molar-refractivity contribution in [2.45, 2.75) is 31.0 Å². The highest BCUT2D eigenvalue weighted by Gasteiger charge is 2.35. The van der Waals surface area contributed by atoms with Gasteiger partial charge in [-0.15, -0.1) is 0 Å². The molecule has 0 aliphatic carbocycles. The summed E-state index contributed by atoms with van der Waals surface area (Å²) in [6.45, 7) is 4.48. The summed E-state index contributed by atoms with van der Waals surface area (Å²) in [5.41, 5.74) is -0.0637. The summed E-state index contributed by atoms with van der Waals surface area (Å²) in [5.74, 6) is 0. The Labute approximate surface area is 113 Å². The van der Waals surface area contributed by atoms with Crippen LogP contribution in [0.25, 0.3) is 0 Å². The number of rotatable bonds is 3. The number of morpholine rings is 1. The van der Waals surface area contributed by atoms with Gasteiger partial charge in [0, 0.05) is 13.1 Å². The Kier molecular flexibility index (Phi) is 3.96. The minimum atomic E-state index is -3.58. The molecule has 0 radical (unpaired) electrons. The van der Waals surface area contributed by atoms with Gasteiger partial charge in [-0.1, -0.05) is 18.2 Å². The van der Waals surface area contributed by atoms with E-state index < -0.39 is 15.6 Å². The summed E-state index contributed by atoms with van der Waals surface area (Å²) >= 11 is 0. The molecule has 0 saturated carbocycles. The van der Waals surface area contributed by atoms with Gasteiger partial charge in [0.05, 0.1) is 23.7 Å². The summed E-state index contributed by atoms with van der Waals surface area (Å²) in [4.78, 5) is 0.176. The average Bonchev–Trinajstić information content (AvgIpc) is 2.37. The molecule has 0 aromatic heterocycles. The first kappa shape index (κ1) is 14.5. The van der Waals surface area contributed by atoms with Crippen LogP contribution in [0.15, 0.2) is 29.2 Å². The SMILES string of the molecule is CC1(C)CN(S(=O)(=O)c2ccccc2CO)CCO1. The Morgan fingerprint density at radius 3 is 2.68 bits per heavy atom. The van der Waals surface area contributed by atoms with E-state index in [4.69, 9.17) is 4.74 Å². The lowest BCUT2D eigenvalue weighted by molar-refractivity contribution is -0.0640. The lowest BCUT2D eigenvalue weighted by Crippen LogP contribution is -2.50. The highest BCUT2D eigenvalue weighted by Crippen LogP contribution is 2.25. The van der Waals surface area contributed by atoms with Crippen molar-refractivity contribution in [2.75, 3.05) is 19.7 Å². The van der Waals surface area contributed by atoms with E-state index in [0.717, 1.165) is 0 Å². The third kappa shape index (κ3) is 2.97. The van der Waals surface area contributed by atoms with E-state index in [-0.39, 0.29) is 11.5 Å². The quantitative estimate of drug-likeness (QED) is 0.899. The lowest BCUT2D eigenvalue weighted by atomic mass is 10.1. The zero-order chi connectivity index (χ0) is 14.1. The van der Waals surface area contributed by atoms with Gasteiger partial charge in [-0.3, -0.25) is 0 Å². The second-order valence-corrected chi connectivity index (χ2v) is 7.12. The molecule has 0 spiro atoms. The first-order chi connectivity index (χ1) is 8.87. The van der Waals surface area contributed by atoms with Gasteiger partial charge in [0.1, 0.15) is 0 Å². The number of aliphatic hydroxyl groups is 1. The topological polar surface area (TPSA) is 66.8 Å². The molecule has 2 rings (SSSR count). The predicted octanol–water partition coefficient (Wildman–Crippen LogP) is 0.978. The van der Waals surface area contributed by atoms with Crippen molar-refractivity contribution in [3.63, 3.8) is 0 Å². The van der Waals surface area contributed by atoms with Crippen LogP contribution in [0.4, 0.5) is 0 Å². The lowest BCUT2D eigenvalue weighted by Gasteiger charge is -2.37. The van der Waals surface area contributed by atoms with E-state index in [0.29, 0.717) is 25.3 Å². The second kappa shape index (κ2) is 5.20. The maximum absolute atomic E-state index is 12.6. The van der Waals surface area contributed by atoms with Crippen molar-refractivity contribution in [1.82, 2.24) is 4.31 Å². The minimum Gasteiger partial charge on any atom is -0.392 e. The summed E-state index contributed by atoms with van der Waals surface area (Å²) in [6, 6.07) is 6.54. The molecule has 1 aromatic rings. The molecule has 5 nitrogen and oxygen atoms in total. The fraction of sp³-hybridized carbons (Fsp3) is 0.538. The fourth-order valence-electron chi connectivity index (χ4n) is 2.20. The highest BCUT2D eigenvalue weighted by molar-refractivity contribution is 7.89. The number of sulfonamides is 1. The van der Waals surface area contributed by atoms with Gasteiger partial charge < -0.3 is 9.84 Å². The van der Waals surface area contributed by atoms with Gasteiger partial charge in [-0.25, -0.2) is 8.42 Å². The van der Waals surface area contributed by atoms with E-state index in [2.05, 4.69) is 0 Å². The van der Waals surface area contributed by atoms with Gasteiger partial charge in [0.15, 0.2) is 0 Å². The van der Waals surface area contributed by atoms with Crippen LogP contribution >= 0.6 is 0 Å². The number of hydrogen-bond acceptors (Lipinski definition) is 4. The van der Waals surface area contributed by atoms with Gasteiger partial charge in [0.25, 0.3) is 0 Å². The first-order valence-electron chi connectivity index (χ1n) is 6.20. The minimum absolute atomic E-state index is 0.176. The second-order valence-electron chi connectivity index (χ2n) is 5.21. The molecular formula is C13H19NO4S. The largest absolute Gasteiger partial charge is 0.392 e. The highest BCUT2D eigenvalue weighted by atomic mass is 32.2. The van der Waals surface area contributed by atoms with Crippen LogP contribution in [0, 0.1) is 0 Å². The van der Waals surface area contributed by atoms with E-state index >= 15 is 0 Å². The molecule has 1 saturated heterocycles. The molecular weight excluding hydrogens is 266 g/mol. The summed E-state index contributed by atoms with van der Waals surface area (Å²) in [7, 11) is -3.58. The molecule has 1 aromatic carbocycles.